The summed E-state index contributed by atoms with van der Waals surface area (Å²) in [5.74, 6) is -1.16. The van der Waals surface area contributed by atoms with E-state index in [1.807, 2.05) is 0 Å². The lowest BCUT2D eigenvalue weighted by Crippen LogP contribution is -2.14. The predicted molar refractivity (Wildman–Crippen MR) is 94.6 cm³/mol. The Balaban J connectivity index is 2.11. The molecule has 3 N–H and O–H groups in total. The number of alkyl halides is 1. The lowest BCUT2D eigenvalue weighted by Gasteiger charge is -2.09. The van der Waals surface area contributed by atoms with Crippen molar-refractivity contribution in [3.05, 3.63) is 54.1 Å². The number of carboxylic acids is 1. The summed E-state index contributed by atoms with van der Waals surface area (Å²) in [5, 5.41) is 11.4. The van der Waals surface area contributed by atoms with Gasteiger partial charge in [0.2, 0.25) is 5.91 Å². The highest BCUT2D eigenvalue weighted by atomic mass is 35.5. The minimum Gasteiger partial charge on any atom is -0.478 e. The number of carbonyl (C=O) groups excluding carboxylic acids is 1. The molecule has 0 atom stereocenters. The van der Waals surface area contributed by atoms with Gasteiger partial charge in [-0.05, 0) is 48.5 Å². The van der Waals surface area contributed by atoms with Crippen molar-refractivity contribution in [2.45, 2.75) is 11.3 Å². The van der Waals surface area contributed by atoms with Crippen molar-refractivity contribution >= 4 is 44.9 Å². The molecule has 0 aliphatic rings. The van der Waals surface area contributed by atoms with Gasteiger partial charge in [-0.3, -0.25) is 9.52 Å². The number of benzene rings is 2. The van der Waals surface area contributed by atoms with Gasteiger partial charge >= 0.3 is 5.97 Å². The summed E-state index contributed by atoms with van der Waals surface area (Å²) in [4.78, 5) is 22.2. The van der Waals surface area contributed by atoms with Crippen molar-refractivity contribution in [2.75, 3.05) is 15.9 Å². The van der Waals surface area contributed by atoms with Crippen LogP contribution < -0.4 is 10.0 Å². The number of halogens is 1. The number of anilines is 2. The van der Waals surface area contributed by atoms with E-state index in [9.17, 15) is 18.0 Å². The van der Waals surface area contributed by atoms with Crippen LogP contribution >= 0.6 is 11.6 Å². The molecule has 25 heavy (non-hydrogen) atoms. The zero-order chi connectivity index (χ0) is 18.4. The SMILES string of the molecule is O=C(CCCl)Nc1ccc(S(=O)(=O)Nc2ccc(C(=O)O)cc2)cc1. The first-order valence-corrected chi connectivity index (χ1v) is 9.15. The van der Waals surface area contributed by atoms with Crippen molar-refractivity contribution in [3.63, 3.8) is 0 Å². The van der Waals surface area contributed by atoms with Crippen LogP contribution in [0.3, 0.4) is 0 Å². The van der Waals surface area contributed by atoms with E-state index in [4.69, 9.17) is 16.7 Å². The van der Waals surface area contributed by atoms with E-state index < -0.39 is 16.0 Å². The second-order valence-corrected chi connectivity index (χ2v) is 7.06. The van der Waals surface area contributed by atoms with Crippen molar-refractivity contribution in [1.29, 1.82) is 0 Å². The predicted octanol–water partition coefficient (Wildman–Crippen LogP) is 2.75. The highest BCUT2D eigenvalue weighted by Gasteiger charge is 2.14. The van der Waals surface area contributed by atoms with Crippen LogP contribution in [-0.2, 0) is 14.8 Å². The first kappa shape index (κ1) is 18.8. The summed E-state index contributed by atoms with van der Waals surface area (Å²) in [5.41, 5.74) is 0.754. The number of carboxylic acid groups (broad SMARTS) is 1. The minimum atomic E-state index is -3.83. The number of hydrogen-bond donors (Lipinski definition) is 3. The minimum absolute atomic E-state index is 0.00477. The first-order chi connectivity index (χ1) is 11.8. The van der Waals surface area contributed by atoms with Gasteiger partial charge in [-0.1, -0.05) is 0 Å². The molecule has 0 bridgehead atoms. The van der Waals surface area contributed by atoms with Crippen LogP contribution in [-0.4, -0.2) is 31.3 Å². The topological polar surface area (TPSA) is 113 Å². The van der Waals surface area contributed by atoms with Crippen molar-refractivity contribution in [2.24, 2.45) is 0 Å². The highest BCUT2D eigenvalue weighted by molar-refractivity contribution is 7.92. The summed E-state index contributed by atoms with van der Waals surface area (Å²) < 4.78 is 27.0. The molecule has 0 unspecified atom stereocenters. The largest absolute Gasteiger partial charge is 0.478 e. The molecule has 0 aliphatic carbocycles. The quantitative estimate of drug-likeness (QED) is 0.637. The number of amides is 1. The Morgan fingerprint density at radius 1 is 0.960 bits per heavy atom. The molecule has 2 rings (SSSR count). The molecule has 0 aromatic heterocycles. The highest BCUT2D eigenvalue weighted by Crippen LogP contribution is 2.19. The number of sulfonamides is 1. The van der Waals surface area contributed by atoms with Crippen LogP contribution in [0.25, 0.3) is 0 Å². The Bertz CT molecular complexity index is 864. The molecule has 0 fully saturated rings. The summed E-state index contributed by atoms with van der Waals surface area (Å²) in [6.07, 6.45) is 0.162. The van der Waals surface area contributed by atoms with E-state index in [1.54, 1.807) is 0 Å². The molecule has 0 radical (unpaired) electrons. The van der Waals surface area contributed by atoms with Crippen LogP contribution in [0.2, 0.25) is 0 Å². The maximum absolute atomic E-state index is 12.3. The van der Waals surface area contributed by atoms with Crippen LogP contribution in [0.1, 0.15) is 16.8 Å². The lowest BCUT2D eigenvalue weighted by molar-refractivity contribution is -0.115. The summed E-state index contributed by atoms with van der Waals surface area (Å²) in [7, 11) is -3.83. The van der Waals surface area contributed by atoms with Gasteiger partial charge < -0.3 is 10.4 Å². The third-order valence-corrected chi connectivity index (χ3v) is 4.74. The molecule has 7 nitrogen and oxygen atoms in total. The zero-order valence-corrected chi connectivity index (χ0v) is 14.5. The standard InChI is InChI=1S/C16H15ClN2O5S/c17-10-9-15(20)18-12-5-7-14(8-6-12)25(23,24)19-13-3-1-11(2-4-13)16(21)22/h1-8,19H,9-10H2,(H,18,20)(H,21,22). The second-order valence-electron chi connectivity index (χ2n) is 5.00. The van der Waals surface area contributed by atoms with Crippen LogP contribution in [0.15, 0.2) is 53.4 Å². The number of aromatic carboxylic acids is 1. The van der Waals surface area contributed by atoms with Crippen LogP contribution in [0.4, 0.5) is 11.4 Å². The molecule has 0 saturated carbocycles. The number of rotatable bonds is 7. The molecular weight excluding hydrogens is 368 g/mol. The first-order valence-electron chi connectivity index (χ1n) is 7.14. The van der Waals surface area contributed by atoms with E-state index in [0.717, 1.165) is 0 Å². The van der Waals surface area contributed by atoms with E-state index in [-0.39, 0.29) is 34.4 Å². The second kappa shape index (κ2) is 8.00. The van der Waals surface area contributed by atoms with Crippen LogP contribution in [0, 0.1) is 0 Å². The number of hydrogen-bond acceptors (Lipinski definition) is 4. The van der Waals surface area contributed by atoms with Gasteiger partial charge in [-0.15, -0.1) is 11.6 Å². The third kappa shape index (κ3) is 5.20. The fourth-order valence-corrected chi connectivity index (χ4v) is 3.15. The molecule has 132 valence electrons. The van der Waals surface area contributed by atoms with Crippen molar-refractivity contribution < 1.29 is 23.1 Å². The molecule has 0 spiro atoms. The zero-order valence-electron chi connectivity index (χ0n) is 12.9. The van der Waals surface area contributed by atoms with Gasteiger partial charge in [0, 0.05) is 23.7 Å². The Labute approximate surface area is 149 Å². The van der Waals surface area contributed by atoms with Gasteiger partial charge in [-0.25, -0.2) is 13.2 Å². The van der Waals surface area contributed by atoms with Gasteiger partial charge in [0.1, 0.15) is 0 Å². The smallest absolute Gasteiger partial charge is 0.335 e. The lowest BCUT2D eigenvalue weighted by atomic mass is 10.2. The maximum atomic E-state index is 12.3. The summed E-state index contributed by atoms with van der Waals surface area (Å²) >= 11 is 5.47. The summed E-state index contributed by atoms with van der Waals surface area (Å²) in [6.45, 7) is 0. The number of nitrogens with one attached hydrogen (secondary N) is 2. The molecular formula is C16H15ClN2O5S. The Kier molecular flexibility index (Phi) is 6.00. The van der Waals surface area contributed by atoms with Crippen molar-refractivity contribution in [3.8, 4) is 0 Å². The Morgan fingerprint density at radius 3 is 2.04 bits per heavy atom. The fraction of sp³-hybridized carbons (Fsp3) is 0.125. The van der Waals surface area contributed by atoms with E-state index in [2.05, 4.69) is 10.0 Å². The van der Waals surface area contributed by atoms with Gasteiger partial charge in [0.15, 0.2) is 0 Å². The molecule has 9 heteroatoms. The Morgan fingerprint density at radius 2 is 1.52 bits per heavy atom. The van der Waals surface area contributed by atoms with E-state index in [0.29, 0.717) is 5.69 Å². The molecule has 0 heterocycles. The summed E-state index contributed by atoms with van der Waals surface area (Å²) in [6, 6.07) is 11.0. The molecule has 2 aromatic carbocycles. The number of carbonyl (C=O) groups is 2. The Hall–Kier alpha value is -2.58. The van der Waals surface area contributed by atoms with E-state index >= 15 is 0 Å². The molecule has 2 aromatic rings. The van der Waals surface area contributed by atoms with Gasteiger partial charge in [0.05, 0.1) is 10.5 Å². The van der Waals surface area contributed by atoms with Crippen LogP contribution in [0.5, 0.6) is 0 Å². The van der Waals surface area contributed by atoms with E-state index in [1.165, 1.54) is 48.5 Å². The van der Waals surface area contributed by atoms with Crippen molar-refractivity contribution in [1.82, 2.24) is 0 Å². The monoisotopic (exact) mass is 382 g/mol. The van der Waals surface area contributed by atoms with Gasteiger partial charge in [-0.2, -0.15) is 0 Å². The maximum Gasteiger partial charge on any atom is 0.335 e. The fourth-order valence-electron chi connectivity index (χ4n) is 1.92. The molecule has 1 amide bonds. The van der Waals surface area contributed by atoms with Gasteiger partial charge in [0.25, 0.3) is 10.0 Å². The average molecular weight is 383 g/mol. The molecule has 0 aliphatic heterocycles. The molecule has 0 saturated heterocycles. The third-order valence-electron chi connectivity index (χ3n) is 3.15. The average Bonchev–Trinajstić information content (AvgIpc) is 2.55. The normalized spacial score (nSPS) is 10.9.